The number of nitrogens with zero attached hydrogens (tertiary/aromatic N) is 1. The highest BCUT2D eigenvalue weighted by molar-refractivity contribution is 8.27. The molecule has 0 atom stereocenters. The van der Waals surface area contributed by atoms with Crippen molar-refractivity contribution in [3.05, 3.63) is 89.3 Å². The number of ether oxygens (including phenoxy) is 1. The first-order valence-corrected chi connectivity index (χ1v) is 11.3. The third-order valence-electron chi connectivity index (χ3n) is 5.29. The maximum Gasteiger partial charge on any atom is 0.270 e. The lowest BCUT2D eigenvalue weighted by molar-refractivity contribution is -0.113. The van der Waals surface area contributed by atoms with Crippen molar-refractivity contribution in [2.24, 2.45) is 0 Å². The lowest BCUT2D eigenvalue weighted by Crippen LogP contribution is -2.27. The van der Waals surface area contributed by atoms with Crippen LogP contribution in [-0.4, -0.2) is 16.8 Å². The van der Waals surface area contributed by atoms with Crippen LogP contribution in [0.4, 0.5) is 5.69 Å². The van der Waals surface area contributed by atoms with Gasteiger partial charge in [-0.2, -0.15) is 0 Å². The molecule has 3 nitrogen and oxygen atoms in total. The van der Waals surface area contributed by atoms with Crippen molar-refractivity contribution >= 4 is 67.5 Å². The quantitative estimate of drug-likeness (QED) is 0.198. The molecule has 5 rings (SSSR count). The van der Waals surface area contributed by atoms with E-state index in [1.54, 1.807) is 4.90 Å². The van der Waals surface area contributed by atoms with Crippen LogP contribution in [0.1, 0.15) is 12.5 Å². The first-order chi connectivity index (χ1) is 15.2. The molecule has 152 valence electrons. The number of carbonyl (C=O) groups excluding carboxylic acids is 1. The van der Waals surface area contributed by atoms with Crippen LogP contribution in [0.3, 0.4) is 0 Å². The van der Waals surface area contributed by atoms with E-state index in [0.29, 0.717) is 15.8 Å². The molecule has 0 unspecified atom stereocenters. The number of hydrogen-bond acceptors (Lipinski definition) is 4. The summed E-state index contributed by atoms with van der Waals surface area (Å²) < 4.78 is 6.04. The van der Waals surface area contributed by atoms with Gasteiger partial charge in [-0.05, 0) is 70.4 Å². The molecule has 4 aromatic rings. The number of carbonyl (C=O) groups is 1. The second-order valence-electron chi connectivity index (χ2n) is 7.18. The topological polar surface area (TPSA) is 29.5 Å². The van der Waals surface area contributed by atoms with Gasteiger partial charge in [0.2, 0.25) is 0 Å². The molecular weight excluding hydrogens is 422 g/mol. The molecule has 0 saturated carbocycles. The highest BCUT2D eigenvalue weighted by atomic mass is 32.2. The maximum atomic E-state index is 13.3. The van der Waals surface area contributed by atoms with Crippen LogP contribution in [0.5, 0.6) is 5.75 Å². The zero-order valence-corrected chi connectivity index (χ0v) is 18.5. The standard InChI is InChI=1S/C26H19NO2S2/c1-2-29-20-13-11-19(12-14-20)27-25(28)24(31-26(27)30)16-23-21-9-5-3-7-17(21)15-18-8-4-6-10-22(18)23/h3-16H,2H2,1H3/b24-16+. The van der Waals surface area contributed by atoms with Gasteiger partial charge in [-0.3, -0.25) is 9.69 Å². The number of anilines is 1. The number of amides is 1. The number of fused-ring (bicyclic) bond motifs is 2. The van der Waals surface area contributed by atoms with Crippen molar-refractivity contribution in [3.8, 4) is 5.75 Å². The molecule has 31 heavy (non-hydrogen) atoms. The largest absolute Gasteiger partial charge is 0.494 e. The lowest BCUT2D eigenvalue weighted by Gasteiger charge is -2.15. The highest BCUT2D eigenvalue weighted by Crippen LogP contribution is 2.39. The Morgan fingerprint density at radius 2 is 1.55 bits per heavy atom. The molecule has 1 amide bonds. The molecule has 0 N–H and O–H groups in total. The van der Waals surface area contributed by atoms with Gasteiger partial charge in [0.25, 0.3) is 5.91 Å². The minimum absolute atomic E-state index is 0.101. The van der Waals surface area contributed by atoms with E-state index in [1.165, 1.54) is 11.8 Å². The Bertz CT molecular complexity index is 1310. The van der Waals surface area contributed by atoms with Crippen LogP contribution in [0, 0.1) is 0 Å². The average molecular weight is 442 g/mol. The summed E-state index contributed by atoms with van der Waals surface area (Å²) >= 11 is 6.91. The van der Waals surface area contributed by atoms with Crippen molar-refractivity contribution in [1.82, 2.24) is 0 Å². The van der Waals surface area contributed by atoms with Crippen molar-refractivity contribution in [1.29, 1.82) is 0 Å². The van der Waals surface area contributed by atoms with Crippen molar-refractivity contribution in [2.75, 3.05) is 11.5 Å². The Morgan fingerprint density at radius 1 is 0.935 bits per heavy atom. The molecule has 1 aliphatic heterocycles. The summed E-state index contributed by atoms with van der Waals surface area (Å²) in [5.74, 6) is 0.672. The molecule has 0 bridgehead atoms. The van der Waals surface area contributed by atoms with E-state index >= 15 is 0 Å². The smallest absolute Gasteiger partial charge is 0.270 e. The highest BCUT2D eigenvalue weighted by Gasteiger charge is 2.33. The minimum Gasteiger partial charge on any atom is -0.494 e. The summed E-state index contributed by atoms with van der Waals surface area (Å²) in [6.07, 6.45) is 1.98. The second kappa shape index (κ2) is 8.17. The van der Waals surface area contributed by atoms with Gasteiger partial charge in [-0.15, -0.1) is 0 Å². The fourth-order valence-electron chi connectivity index (χ4n) is 3.88. The van der Waals surface area contributed by atoms with E-state index in [0.717, 1.165) is 38.5 Å². The number of thioether (sulfide) groups is 1. The molecule has 0 spiro atoms. The maximum absolute atomic E-state index is 13.3. The van der Waals surface area contributed by atoms with Gasteiger partial charge in [0.15, 0.2) is 4.32 Å². The molecule has 0 aromatic heterocycles. The molecular formula is C26H19NO2S2. The van der Waals surface area contributed by atoms with Crippen molar-refractivity contribution in [2.45, 2.75) is 6.92 Å². The van der Waals surface area contributed by atoms with Crippen LogP contribution in [0.2, 0.25) is 0 Å². The fourth-order valence-corrected chi connectivity index (χ4v) is 5.16. The molecule has 0 radical (unpaired) electrons. The molecule has 1 heterocycles. The number of benzene rings is 4. The second-order valence-corrected chi connectivity index (χ2v) is 8.85. The van der Waals surface area contributed by atoms with Gasteiger partial charge in [0.1, 0.15) is 5.75 Å². The molecule has 1 saturated heterocycles. The Morgan fingerprint density at radius 3 is 2.16 bits per heavy atom. The summed E-state index contributed by atoms with van der Waals surface area (Å²) in [6, 6.07) is 26.2. The van der Waals surface area contributed by atoms with Crippen LogP contribution >= 0.6 is 24.0 Å². The molecule has 4 aromatic carbocycles. The summed E-state index contributed by atoms with van der Waals surface area (Å²) in [4.78, 5) is 15.5. The predicted molar refractivity (Wildman–Crippen MR) is 135 cm³/mol. The van der Waals surface area contributed by atoms with E-state index in [-0.39, 0.29) is 5.91 Å². The normalized spacial score (nSPS) is 15.4. The predicted octanol–water partition coefficient (Wildman–Crippen LogP) is 6.80. The molecule has 0 aliphatic carbocycles. The Kier molecular flexibility index (Phi) is 5.22. The summed E-state index contributed by atoms with van der Waals surface area (Å²) in [7, 11) is 0. The molecule has 1 aliphatic rings. The van der Waals surface area contributed by atoms with Gasteiger partial charge in [-0.1, -0.05) is 72.5 Å². The Balaban J connectivity index is 1.59. The van der Waals surface area contributed by atoms with Crippen LogP contribution in [0.25, 0.3) is 27.6 Å². The van der Waals surface area contributed by atoms with Gasteiger partial charge < -0.3 is 4.74 Å². The number of rotatable bonds is 4. The van der Waals surface area contributed by atoms with E-state index < -0.39 is 0 Å². The Labute approximate surface area is 190 Å². The molecule has 1 fully saturated rings. The third-order valence-corrected chi connectivity index (χ3v) is 6.59. The van der Waals surface area contributed by atoms with E-state index in [4.69, 9.17) is 17.0 Å². The summed E-state index contributed by atoms with van der Waals surface area (Å²) in [6.45, 7) is 2.54. The van der Waals surface area contributed by atoms with E-state index in [2.05, 4.69) is 30.3 Å². The van der Waals surface area contributed by atoms with Crippen LogP contribution in [-0.2, 0) is 4.79 Å². The lowest BCUT2D eigenvalue weighted by atomic mass is 9.96. The van der Waals surface area contributed by atoms with Gasteiger partial charge in [0.05, 0.1) is 17.2 Å². The minimum atomic E-state index is -0.101. The fraction of sp³-hybridized carbons (Fsp3) is 0.0769. The number of thiocarbonyl (C=S) groups is 1. The first kappa shape index (κ1) is 19.8. The Hall–Kier alpha value is -3.15. The zero-order valence-electron chi connectivity index (χ0n) is 16.9. The first-order valence-electron chi connectivity index (χ1n) is 10.1. The third kappa shape index (κ3) is 3.60. The zero-order chi connectivity index (χ0) is 21.4. The average Bonchev–Trinajstić information content (AvgIpc) is 3.07. The van der Waals surface area contributed by atoms with E-state index in [1.807, 2.05) is 61.5 Å². The van der Waals surface area contributed by atoms with Gasteiger partial charge >= 0.3 is 0 Å². The van der Waals surface area contributed by atoms with Crippen LogP contribution in [0.15, 0.2) is 83.8 Å². The summed E-state index contributed by atoms with van der Waals surface area (Å²) in [5, 5.41) is 4.53. The van der Waals surface area contributed by atoms with Crippen LogP contribution < -0.4 is 9.64 Å². The molecule has 5 heteroatoms. The monoisotopic (exact) mass is 441 g/mol. The van der Waals surface area contributed by atoms with Crippen molar-refractivity contribution < 1.29 is 9.53 Å². The SMILES string of the molecule is CCOc1ccc(N2C(=O)/C(=C\c3c4ccccc4cc4ccccc34)SC2=S)cc1. The van der Waals surface area contributed by atoms with Crippen molar-refractivity contribution in [3.63, 3.8) is 0 Å². The van der Waals surface area contributed by atoms with Gasteiger partial charge in [-0.25, -0.2) is 0 Å². The van der Waals surface area contributed by atoms with Gasteiger partial charge in [0, 0.05) is 0 Å². The number of hydrogen-bond donors (Lipinski definition) is 0. The van der Waals surface area contributed by atoms with E-state index in [9.17, 15) is 4.79 Å². The summed E-state index contributed by atoms with van der Waals surface area (Å²) in [5.41, 5.74) is 1.79.